The van der Waals surface area contributed by atoms with Crippen LogP contribution in [-0.2, 0) is 6.42 Å². The van der Waals surface area contributed by atoms with Crippen molar-refractivity contribution in [2.45, 2.75) is 32.1 Å². The van der Waals surface area contributed by atoms with E-state index in [9.17, 15) is 4.39 Å². The largest absolute Gasteiger partial charge is 0.319 e. The minimum atomic E-state index is -0.181. The fraction of sp³-hybridized carbons (Fsp3) is 0.438. The molecule has 1 aromatic heterocycles. The Kier molecular flexibility index (Phi) is 3.85. The molecule has 4 heteroatoms. The maximum Gasteiger partial charge on any atom is 0.124 e. The predicted molar refractivity (Wildman–Crippen MR) is 81.9 cm³/mol. The molecule has 3 rings (SSSR count). The van der Waals surface area contributed by atoms with Crippen molar-refractivity contribution in [1.29, 1.82) is 0 Å². The van der Waals surface area contributed by atoms with Gasteiger partial charge in [0.25, 0.3) is 0 Å². The SMILES string of the molecule is CNCC1CCCc2sc(-c3cc(C)cc(F)c3)nc21. The molecular weight excluding hydrogens is 271 g/mol. The van der Waals surface area contributed by atoms with Gasteiger partial charge < -0.3 is 5.32 Å². The molecule has 0 radical (unpaired) electrons. The van der Waals surface area contributed by atoms with Crippen LogP contribution in [0.4, 0.5) is 4.39 Å². The van der Waals surface area contributed by atoms with E-state index in [0.29, 0.717) is 5.92 Å². The fourth-order valence-corrected chi connectivity index (χ4v) is 4.11. The monoisotopic (exact) mass is 290 g/mol. The van der Waals surface area contributed by atoms with E-state index >= 15 is 0 Å². The normalized spacial score (nSPS) is 18.1. The van der Waals surface area contributed by atoms with Crippen molar-refractivity contribution >= 4 is 11.3 Å². The van der Waals surface area contributed by atoms with E-state index in [2.05, 4.69) is 5.32 Å². The number of hydrogen-bond acceptors (Lipinski definition) is 3. The van der Waals surface area contributed by atoms with Gasteiger partial charge in [0, 0.05) is 22.9 Å². The van der Waals surface area contributed by atoms with Gasteiger partial charge in [-0.1, -0.05) is 0 Å². The van der Waals surface area contributed by atoms with Crippen LogP contribution in [0.3, 0.4) is 0 Å². The third kappa shape index (κ3) is 2.63. The second-order valence-corrected chi connectivity index (χ2v) is 6.58. The third-order valence-electron chi connectivity index (χ3n) is 3.81. The number of thiazole rings is 1. The van der Waals surface area contributed by atoms with E-state index in [-0.39, 0.29) is 5.82 Å². The summed E-state index contributed by atoms with van der Waals surface area (Å²) in [5.74, 6) is 0.323. The van der Waals surface area contributed by atoms with Crippen molar-refractivity contribution in [1.82, 2.24) is 10.3 Å². The first-order chi connectivity index (χ1) is 9.67. The molecule has 2 nitrogen and oxygen atoms in total. The lowest BCUT2D eigenvalue weighted by molar-refractivity contribution is 0.523. The smallest absolute Gasteiger partial charge is 0.124 e. The van der Waals surface area contributed by atoms with Crippen LogP contribution in [0.5, 0.6) is 0 Å². The molecule has 0 fully saturated rings. The number of likely N-dealkylation sites (N-methyl/N-ethyl adjacent to an activating group) is 1. The highest BCUT2D eigenvalue weighted by atomic mass is 32.1. The summed E-state index contributed by atoms with van der Waals surface area (Å²) in [6.07, 6.45) is 3.53. The van der Waals surface area contributed by atoms with Gasteiger partial charge in [0.1, 0.15) is 10.8 Å². The summed E-state index contributed by atoms with van der Waals surface area (Å²) in [7, 11) is 1.98. The third-order valence-corrected chi connectivity index (χ3v) is 4.99. The molecule has 2 aromatic rings. The number of halogens is 1. The van der Waals surface area contributed by atoms with E-state index in [4.69, 9.17) is 4.98 Å². The van der Waals surface area contributed by atoms with Crippen molar-refractivity contribution in [2.24, 2.45) is 0 Å². The lowest BCUT2D eigenvalue weighted by Crippen LogP contribution is -2.20. The molecule has 1 N–H and O–H groups in total. The highest BCUT2D eigenvalue weighted by Gasteiger charge is 2.24. The zero-order valence-corrected chi connectivity index (χ0v) is 12.7. The average molecular weight is 290 g/mol. The zero-order chi connectivity index (χ0) is 14.1. The van der Waals surface area contributed by atoms with Crippen molar-refractivity contribution in [3.63, 3.8) is 0 Å². The van der Waals surface area contributed by atoms with Gasteiger partial charge in [-0.15, -0.1) is 11.3 Å². The molecule has 0 saturated carbocycles. The minimum absolute atomic E-state index is 0.181. The highest BCUT2D eigenvalue weighted by molar-refractivity contribution is 7.15. The summed E-state index contributed by atoms with van der Waals surface area (Å²) < 4.78 is 13.6. The lowest BCUT2D eigenvalue weighted by Gasteiger charge is -2.20. The highest BCUT2D eigenvalue weighted by Crippen LogP contribution is 2.38. The first kappa shape index (κ1) is 13.7. The standard InChI is InChI=1S/C16H19FN2S/c1-10-6-12(8-13(17)7-10)16-19-15-11(9-18-2)4-3-5-14(15)20-16/h6-8,11,18H,3-5,9H2,1-2H3. The van der Waals surface area contributed by atoms with Crippen molar-refractivity contribution in [3.05, 3.63) is 40.2 Å². The van der Waals surface area contributed by atoms with Crippen LogP contribution < -0.4 is 5.32 Å². The predicted octanol–water partition coefficient (Wildman–Crippen LogP) is 3.90. The van der Waals surface area contributed by atoms with Crippen LogP contribution in [0.25, 0.3) is 10.6 Å². The molecule has 0 bridgehead atoms. The van der Waals surface area contributed by atoms with Gasteiger partial charge >= 0.3 is 0 Å². The molecule has 1 aliphatic rings. The number of aryl methyl sites for hydroxylation is 2. The molecule has 1 unspecified atom stereocenters. The number of benzene rings is 1. The second-order valence-electron chi connectivity index (χ2n) is 5.49. The number of fused-ring (bicyclic) bond motifs is 1. The van der Waals surface area contributed by atoms with Crippen molar-refractivity contribution in [3.8, 4) is 10.6 Å². The van der Waals surface area contributed by atoms with Crippen LogP contribution in [0.15, 0.2) is 18.2 Å². The van der Waals surface area contributed by atoms with Gasteiger partial charge in [0.05, 0.1) is 5.69 Å². The summed E-state index contributed by atoms with van der Waals surface area (Å²) in [5, 5.41) is 4.21. The molecule has 1 atom stereocenters. The van der Waals surface area contributed by atoms with Gasteiger partial charge in [-0.2, -0.15) is 0 Å². The van der Waals surface area contributed by atoms with E-state index in [1.165, 1.54) is 23.4 Å². The molecular formula is C16H19FN2S. The summed E-state index contributed by atoms with van der Waals surface area (Å²) in [6, 6.07) is 5.16. The van der Waals surface area contributed by atoms with E-state index in [1.807, 2.05) is 20.0 Å². The summed E-state index contributed by atoms with van der Waals surface area (Å²) in [5.41, 5.74) is 3.08. The van der Waals surface area contributed by atoms with Gasteiger partial charge in [-0.25, -0.2) is 9.37 Å². The Bertz CT molecular complexity index is 601. The summed E-state index contributed by atoms with van der Waals surface area (Å²) >= 11 is 1.73. The second kappa shape index (κ2) is 5.62. The Morgan fingerprint density at radius 1 is 1.40 bits per heavy atom. The molecule has 106 valence electrons. The number of nitrogens with one attached hydrogen (secondary N) is 1. The molecule has 1 aliphatic carbocycles. The van der Waals surface area contributed by atoms with Gasteiger partial charge in [0.15, 0.2) is 0 Å². The van der Waals surface area contributed by atoms with Crippen LogP contribution in [0, 0.1) is 12.7 Å². The molecule has 1 aromatic carbocycles. The first-order valence-corrected chi connectivity index (χ1v) is 7.91. The fourth-order valence-electron chi connectivity index (χ4n) is 2.94. The van der Waals surface area contributed by atoms with Crippen molar-refractivity contribution < 1.29 is 4.39 Å². The summed E-state index contributed by atoms with van der Waals surface area (Å²) in [4.78, 5) is 6.20. The zero-order valence-electron chi connectivity index (χ0n) is 11.9. The van der Waals surface area contributed by atoms with Gasteiger partial charge in [-0.3, -0.25) is 0 Å². The van der Waals surface area contributed by atoms with Crippen LogP contribution in [0.2, 0.25) is 0 Å². The molecule has 0 saturated heterocycles. The molecule has 0 amide bonds. The van der Waals surface area contributed by atoms with Crippen LogP contribution in [0.1, 0.15) is 34.9 Å². The van der Waals surface area contributed by atoms with Crippen molar-refractivity contribution in [2.75, 3.05) is 13.6 Å². The van der Waals surface area contributed by atoms with Crippen LogP contribution in [-0.4, -0.2) is 18.6 Å². The minimum Gasteiger partial charge on any atom is -0.319 e. The Hall–Kier alpha value is -1.26. The van der Waals surface area contributed by atoms with Crippen LogP contribution >= 0.6 is 11.3 Å². The average Bonchev–Trinajstić information content (AvgIpc) is 2.83. The topological polar surface area (TPSA) is 24.9 Å². The molecule has 0 spiro atoms. The Morgan fingerprint density at radius 2 is 2.25 bits per heavy atom. The van der Waals surface area contributed by atoms with E-state index in [1.54, 1.807) is 23.5 Å². The molecule has 1 heterocycles. The number of aromatic nitrogens is 1. The molecule has 20 heavy (non-hydrogen) atoms. The summed E-state index contributed by atoms with van der Waals surface area (Å²) in [6.45, 7) is 2.89. The maximum atomic E-state index is 13.6. The Morgan fingerprint density at radius 3 is 3.00 bits per heavy atom. The van der Waals surface area contributed by atoms with E-state index in [0.717, 1.165) is 29.1 Å². The lowest BCUT2D eigenvalue weighted by atomic mass is 9.91. The molecule has 0 aliphatic heterocycles. The Balaban J connectivity index is 2.00. The van der Waals surface area contributed by atoms with Gasteiger partial charge in [0.2, 0.25) is 0 Å². The quantitative estimate of drug-likeness (QED) is 0.927. The maximum absolute atomic E-state index is 13.6. The first-order valence-electron chi connectivity index (χ1n) is 7.09. The van der Waals surface area contributed by atoms with Gasteiger partial charge in [-0.05, 0) is 57.0 Å². The number of rotatable bonds is 3. The Labute approximate surface area is 123 Å². The number of hydrogen-bond donors (Lipinski definition) is 1. The number of nitrogens with zero attached hydrogens (tertiary/aromatic N) is 1. The van der Waals surface area contributed by atoms with E-state index < -0.39 is 0 Å².